The van der Waals surface area contributed by atoms with Crippen LogP contribution < -0.4 is 5.56 Å². The molecule has 0 unspecified atom stereocenters. The lowest BCUT2D eigenvalue weighted by Gasteiger charge is -2.33. The molecule has 1 aromatic carbocycles. The molecule has 1 aliphatic heterocycles. The second-order valence-corrected chi connectivity index (χ2v) is 7.84. The van der Waals surface area contributed by atoms with Gasteiger partial charge < -0.3 is 10.0 Å². The number of thiophene rings is 1. The summed E-state index contributed by atoms with van der Waals surface area (Å²) in [5, 5.41) is 11.0. The van der Waals surface area contributed by atoms with Gasteiger partial charge in [0, 0.05) is 19.0 Å². The van der Waals surface area contributed by atoms with Gasteiger partial charge in [0.05, 0.1) is 17.4 Å². The maximum absolute atomic E-state index is 12.8. The molecular formula is C20H19N3O4S. The Morgan fingerprint density at radius 2 is 2.14 bits per heavy atom. The Morgan fingerprint density at radius 1 is 1.29 bits per heavy atom. The van der Waals surface area contributed by atoms with Crippen molar-refractivity contribution in [3.05, 3.63) is 63.5 Å². The van der Waals surface area contributed by atoms with Crippen molar-refractivity contribution >= 4 is 33.4 Å². The van der Waals surface area contributed by atoms with Crippen LogP contribution in [-0.4, -0.2) is 44.5 Å². The first-order valence-corrected chi connectivity index (χ1v) is 9.94. The zero-order valence-electron chi connectivity index (χ0n) is 15.1. The maximum atomic E-state index is 12.8. The molecule has 0 radical (unpaired) electrons. The number of likely N-dealkylation sites (tertiary alicyclic amines) is 1. The van der Waals surface area contributed by atoms with Gasteiger partial charge in [0.1, 0.15) is 11.2 Å². The molecule has 3 aromatic rings. The largest absolute Gasteiger partial charge is 0.478 e. The number of fused-ring (bicyclic) bond motifs is 1. The maximum Gasteiger partial charge on any atom is 0.335 e. The van der Waals surface area contributed by atoms with Crippen molar-refractivity contribution in [1.29, 1.82) is 0 Å². The molecule has 0 aliphatic carbocycles. The lowest BCUT2D eigenvalue weighted by molar-refractivity contribution is -0.133. The third-order valence-electron chi connectivity index (χ3n) is 5.12. The number of piperidine rings is 1. The van der Waals surface area contributed by atoms with E-state index >= 15 is 0 Å². The minimum absolute atomic E-state index is 0.0401. The van der Waals surface area contributed by atoms with Gasteiger partial charge in [-0.1, -0.05) is 12.1 Å². The Bertz CT molecular complexity index is 1100. The molecule has 0 saturated carbocycles. The summed E-state index contributed by atoms with van der Waals surface area (Å²) in [6.45, 7) is 1.12. The average Bonchev–Trinajstić information content (AvgIpc) is 3.20. The number of nitrogens with zero attached hydrogens (tertiary/aromatic N) is 3. The summed E-state index contributed by atoms with van der Waals surface area (Å²) in [5.41, 5.74) is 1.63. The fourth-order valence-corrected chi connectivity index (χ4v) is 4.43. The van der Waals surface area contributed by atoms with E-state index in [4.69, 9.17) is 0 Å². The number of carbonyl (C=O) groups is 2. The molecule has 2 aromatic heterocycles. The summed E-state index contributed by atoms with van der Waals surface area (Å²) < 4.78 is 1.91. The molecule has 7 nitrogen and oxygen atoms in total. The molecule has 0 bridgehead atoms. The normalized spacial score (nSPS) is 17.0. The molecule has 1 amide bonds. The Morgan fingerprint density at radius 3 is 2.96 bits per heavy atom. The standard InChI is InChI=1S/C20H19N3O4S/c24-17(11-23-12-21-16-6-8-28-18(16)19(23)25)22-7-2-5-15(10-22)13-3-1-4-14(9-13)20(26)27/h1,3-4,6,8-9,12,15H,2,5,7,10-11H2,(H,26,27)/t15-/m0/s1. The Labute approximate surface area is 164 Å². The predicted molar refractivity (Wildman–Crippen MR) is 106 cm³/mol. The van der Waals surface area contributed by atoms with E-state index < -0.39 is 5.97 Å². The molecular weight excluding hydrogens is 378 g/mol. The van der Waals surface area contributed by atoms with Gasteiger partial charge in [0.25, 0.3) is 5.56 Å². The van der Waals surface area contributed by atoms with E-state index in [1.54, 1.807) is 29.2 Å². The first kappa shape index (κ1) is 18.4. The molecule has 4 rings (SSSR count). The zero-order chi connectivity index (χ0) is 19.7. The van der Waals surface area contributed by atoms with E-state index in [1.807, 2.05) is 11.4 Å². The van der Waals surface area contributed by atoms with E-state index in [0.717, 1.165) is 18.4 Å². The molecule has 0 spiro atoms. The highest BCUT2D eigenvalue weighted by Gasteiger charge is 2.25. The number of benzene rings is 1. The van der Waals surface area contributed by atoms with Gasteiger partial charge in [-0.2, -0.15) is 0 Å². The van der Waals surface area contributed by atoms with Crippen LogP contribution in [-0.2, 0) is 11.3 Å². The van der Waals surface area contributed by atoms with Gasteiger partial charge in [0.15, 0.2) is 0 Å². The van der Waals surface area contributed by atoms with Crippen LogP contribution >= 0.6 is 11.3 Å². The fourth-order valence-electron chi connectivity index (χ4n) is 3.64. The minimum Gasteiger partial charge on any atom is -0.478 e. The lowest BCUT2D eigenvalue weighted by atomic mass is 9.89. The highest BCUT2D eigenvalue weighted by atomic mass is 32.1. The van der Waals surface area contributed by atoms with Crippen LogP contribution in [0.3, 0.4) is 0 Å². The van der Waals surface area contributed by atoms with E-state index in [1.165, 1.54) is 22.2 Å². The average molecular weight is 397 g/mol. The van der Waals surface area contributed by atoms with Crippen LogP contribution in [0.15, 0.2) is 46.8 Å². The number of hydrogen-bond donors (Lipinski definition) is 1. The van der Waals surface area contributed by atoms with Crippen LogP contribution in [0, 0.1) is 0 Å². The highest BCUT2D eigenvalue weighted by molar-refractivity contribution is 7.17. The molecule has 1 N–H and O–H groups in total. The summed E-state index contributed by atoms with van der Waals surface area (Å²) in [6, 6.07) is 8.68. The Hall–Kier alpha value is -3.00. The summed E-state index contributed by atoms with van der Waals surface area (Å²) >= 11 is 1.32. The number of aromatic nitrogens is 2. The number of hydrogen-bond acceptors (Lipinski definition) is 5. The van der Waals surface area contributed by atoms with Crippen molar-refractivity contribution in [2.75, 3.05) is 13.1 Å². The number of carboxylic acids is 1. The van der Waals surface area contributed by atoms with E-state index in [0.29, 0.717) is 23.3 Å². The third-order valence-corrected chi connectivity index (χ3v) is 6.01. The van der Waals surface area contributed by atoms with Crippen molar-refractivity contribution in [3.8, 4) is 0 Å². The SMILES string of the molecule is O=C(O)c1cccc([C@H]2CCCN(C(=O)Cn3cnc4ccsc4c3=O)C2)c1. The van der Waals surface area contributed by atoms with Crippen molar-refractivity contribution < 1.29 is 14.7 Å². The zero-order valence-corrected chi connectivity index (χ0v) is 15.9. The number of amides is 1. The second kappa shape index (κ2) is 7.55. The summed E-state index contributed by atoms with van der Waals surface area (Å²) in [4.78, 5) is 42.5. The number of aromatic carboxylic acids is 1. The smallest absolute Gasteiger partial charge is 0.335 e. The van der Waals surface area contributed by atoms with Crippen molar-refractivity contribution in [1.82, 2.24) is 14.5 Å². The number of carbonyl (C=O) groups excluding carboxylic acids is 1. The van der Waals surface area contributed by atoms with Crippen LogP contribution in [0.2, 0.25) is 0 Å². The van der Waals surface area contributed by atoms with Gasteiger partial charge in [-0.3, -0.25) is 14.2 Å². The molecule has 144 valence electrons. The number of carboxylic acid groups (broad SMARTS) is 1. The van der Waals surface area contributed by atoms with Crippen LogP contribution in [0.5, 0.6) is 0 Å². The minimum atomic E-state index is -0.957. The van der Waals surface area contributed by atoms with E-state index in [9.17, 15) is 19.5 Å². The molecule has 1 aliphatic rings. The quantitative estimate of drug-likeness (QED) is 0.730. The van der Waals surface area contributed by atoms with Gasteiger partial charge >= 0.3 is 5.97 Å². The Balaban J connectivity index is 1.50. The third kappa shape index (κ3) is 3.55. The van der Waals surface area contributed by atoms with Crippen LogP contribution in [0.1, 0.15) is 34.7 Å². The van der Waals surface area contributed by atoms with Crippen LogP contribution in [0.25, 0.3) is 10.2 Å². The topological polar surface area (TPSA) is 92.5 Å². The molecule has 1 atom stereocenters. The van der Waals surface area contributed by atoms with Crippen molar-refractivity contribution in [3.63, 3.8) is 0 Å². The number of rotatable bonds is 4. The second-order valence-electron chi connectivity index (χ2n) is 6.92. The van der Waals surface area contributed by atoms with Gasteiger partial charge in [-0.25, -0.2) is 9.78 Å². The fraction of sp³-hybridized carbons (Fsp3) is 0.300. The molecule has 28 heavy (non-hydrogen) atoms. The van der Waals surface area contributed by atoms with Crippen molar-refractivity contribution in [2.45, 2.75) is 25.3 Å². The summed E-state index contributed by atoms with van der Waals surface area (Å²) in [6.07, 6.45) is 3.16. The molecule has 8 heteroatoms. The highest BCUT2D eigenvalue weighted by Crippen LogP contribution is 2.27. The monoisotopic (exact) mass is 397 g/mol. The van der Waals surface area contributed by atoms with E-state index in [2.05, 4.69) is 4.98 Å². The first-order valence-electron chi connectivity index (χ1n) is 9.06. The molecule has 1 saturated heterocycles. The van der Waals surface area contributed by atoms with Crippen molar-refractivity contribution in [2.24, 2.45) is 0 Å². The van der Waals surface area contributed by atoms with Gasteiger partial charge in [0.2, 0.25) is 5.91 Å². The Kier molecular flexibility index (Phi) is 4.95. The summed E-state index contributed by atoms with van der Waals surface area (Å²) in [7, 11) is 0. The predicted octanol–water partition coefficient (Wildman–Crippen LogP) is 2.56. The lowest BCUT2D eigenvalue weighted by Crippen LogP contribution is -2.42. The molecule has 3 heterocycles. The first-order chi connectivity index (χ1) is 13.5. The summed E-state index contributed by atoms with van der Waals surface area (Å²) in [5.74, 6) is -0.994. The van der Waals surface area contributed by atoms with Gasteiger partial charge in [-0.05, 0) is 42.0 Å². The van der Waals surface area contributed by atoms with Gasteiger partial charge in [-0.15, -0.1) is 11.3 Å². The van der Waals surface area contributed by atoms with Crippen LogP contribution in [0.4, 0.5) is 0 Å². The van der Waals surface area contributed by atoms with E-state index in [-0.39, 0.29) is 29.5 Å². The molecule has 1 fully saturated rings.